The Morgan fingerprint density at radius 2 is 1.95 bits per heavy atom. The van der Waals surface area contributed by atoms with Crippen LogP contribution < -0.4 is 0 Å². The lowest BCUT2D eigenvalue weighted by molar-refractivity contribution is -0.167. The molecule has 1 saturated heterocycles. The number of imide groups is 1. The van der Waals surface area contributed by atoms with Crippen LogP contribution in [0.3, 0.4) is 0 Å². The van der Waals surface area contributed by atoms with Crippen LogP contribution in [0.15, 0.2) is 23.3 Å². The number of allylic oxidation sites excluding steroid dienone is 3. The molecule has 3 aliphatic rings. The molecule has 2 bridgehead atoms. The number of halogens is 3. The number of fused-ring (bicyclic) bond motifs is 4. The Hall–Kier alpha value is -1.68. The van der Waals surface area contributed by atoms with Gasteiger partial charge in [-0.05, 0) is 17.9 Å². The van der Waals surface area contributed by atoms with Crippen molar-refractivity contribution in [2.75, 3.05) is 0 Å². The second-order valence-electron chi connectivity index (χ2n) is 4.56. The molecule has 3 rings (SSSR count). The Labute approximate surface area is 110 Å². The van der Waals surface area contributed by atoms with Gasteiger partial charge in [0.25, 0.3) is 11.8 Å². The van der Waals surface area contributed by atoms with Crippen LogP contribution in [0.1, 0.15) is 6.42 Å². The first-order valence-electron chi connectivity index (χ1n) is 5.44. The van der Waals surface area contributed by atoms with E-state index in [4.69, 9.17) is 0 Å². The molecule has 0 aromatic carbocycles. The molecule has 2 aliphatic carbocycles. The molecule has 6 nitrogen and oxygen atoms in total. The van der Waals surface area contributed by atoms with Gasteiger partial charge in [0, 0.05) is 5.57 Å². The second kappa shape index (κ2) is 3.70. The van der Waals surface area contributed by atoms with Crippen molar-refractivity contribution in [3.05, 3.63) is 23.3 Å². The van der Waals surface area contributed by atoms with Crippen LogP contribution in [-0.2, 0) is 24.0 Å². The topological polar surface area (TPSA) is 80.8 Å². The first-order valence-corrected chi connectivity index (χ1v) is 6.85. The number of hydroxylamine groups is 2. The summed E-state index contributed by atoms with van der Waals surface area (Å²) in [6.45, 7) is 0. The third-order valence-corrected chi connectivity index (χ3v) is 4.33. The molecule has 0 aromatic heterocycles. The number of hydrogen-bond acceptors (Lipinski definition) is 5. The lowest BCUT2D eigenvalue weighted by Gasteiger charge is -2.15. The average Bonchev–Trinajstić information content (AvgIpc) is 2.97. The molecule has 1 fully saturated rings. The van der Waals surface area contributed by atoms with Crippen LogP contribution >= 0.6 is 0 Å². The third-order valence-electron chi connectivity index (χ3n) is 3.42. The van der Waals surface area contributed by atoms with E-state index in [-0.39, 0.29) is 16.6 Å². The van der Waals surface area contributed by atoms with E-state index in [1.165, 1.54) is 0 Å². The number of rotatable bonds is 2. The predicted molar refractivity (Wildman–Crippen MR) is 55.7 cm³/mol. The Morgan fingerprint density at radius 3 is 2.50 bits per heavy atom. The second-order valence-corrected chi connectivity index (χ2v) is 6.08. The van der Waals surface area contributed by atoms with E-state index in [2.05, 4.69) is 4.28 Å². The number of alkyl halides is 3. The highest BCUT2D eigenvalue weighted by Gasteiger charge is 2.58. The summed E-state index contributed by atoms with van der Waals surface area (Å²) in [5.41, 5.74) is -5.14. The molecule has 10 heteroatoms. The van der Waals surface area contributed by atoms with E-state index in [1.807, 2.05) is 0 Å². The monoisotopic (exact) mass is 309 g/mol. The molecule has 0 aromatic rings. The molecule has 0 radical (unpaired) electrons. The maximum Gasteiger partial charge on any atom is 0.525 e. The molecule has 20 heavy (non-hydrogen) atoms. The van der Waals surface area contributed by atoms with Crippen LogP contribution in [0, 0.1) is 11.8 Å². The number of nitrogens with zero attached hydrogens (tertiary/aromatic N) is 1. The van der Waals surface area contributed by atoms with Crippen LogP contribution in [-0.4, -0.2) is 30.8 Å². The van der Waals surface area contributed by atoms with E-state index in [0.29, 0.717) is 12.0 Å². The summed E-state index contributed by atoms with van der Waals surface area (Å²) in [6.07, 6.45) is 3.72. The maximum absolute atomic E-state index is 12.2. The highest BCUT2D eigenvalue weighted by Crippen LogP contribution is 2.48. The Kier molecular flexibility index (Phi) is 2.46. The molecule has 0 spiro atoms. The molecular formula is C10H6F3NO5S. The average molecular weight is 309 g/mol. The van der Waals surface area contributed by atoms with Gasteiger partial charge in [0.2, 0.25) is 0 Å². The van der Waals surface area contributed by atoms with Gasteiger partial charge in [-0.15, -0.1) is 9.35 Å². The quantitative estimate of drug-likeness (QED) is 0.552. The van der Waals surface area contributed by atoms with Gasteiger partial charge in [0.05, 0.1) is 5.92 Å². The lowest BCUT2D eigenvalue weighted by atomic mass is 9.92. The minimum absolute atomic E-state index is 0.0277. The first kappa shape index (κ1) is 13.3. The van der Waals surface area contributed by atoms with Crippen LogP contribution in [0.25, 0.3) is 0 Å². The van der Waals surface area contributed by atoms with Crippen molar-refractivity contribution in [1.29, 1.82) is 0 Å². The Morgan fingerprint density at radius 1 is 1.30 bits per heavy atom. The SMILES string of the molecule is O=C1C2=C3C=CC(C3)C2C(=O)N1OS(=O)(=O)C(F)(F)F. The van der Waals surface area contributed by atoms with Gasteiger partial charge in [-0.25, -0.2) is 0 Å². The molecule has 2 amide bonds. The summed E-state index contributed by atoms with van der Waals surface area (Å²) in [4.78, 5) is 23.7. The summed E-state index contributed by atoms with van der Waals surface area (Å²) < 4.78 is 62.0. The molecule has 0 saturated carbocycles. The maximum atomic E-state index is 12.2. The van der Waals surface area contributed by atoms with Crippen LogP contribution in [0.5, 0.6) is 0 Å². The molecule has 2 atom stereocenters. The van der Waals surface area contributed by atoms with Gasteiger partial charge in [0.1, 0.15) is 0 Å². The zero-order valence-electron chi connectivity index (χ0n) is 9.55. The van der Waals surface area contributed by atoms with Crippen molar-refractivity contribution in [3.63, 3.8) is 0 Å². The van der Waals surface area contributed by atoms with Crippen molar-refractivity contribution >= 4 is 21.9 Å². The predicted octanol–water partition coefficient (Wildman–Crippen LogP) is 0.639. The van der Waals surface area contributed by atoms with Crippen molar-refractivity contribution in [2.45, 2.75) is 11.9 Å². The van der Waals surface area contributed by atoms with Gasteiger partial charge in [-0.1, -0.05) is 12.2 Å². The number of amides is 2. The number of carbonyl (C=O) groups is 2. The van der Waals surface area contributed by atoms with Crippen molar-refractivity contribution in [3.8, 4) is 0 Å². The smallest absolute Gasteiger partial charge is 0.271 e. The summed E-state index contributed by atoms with van der Waals surface area (Å²) in [5.74, 6) is -3.48. The molecule has 108 valence electrons. The Balaban J connectivity index is 1.94. The highest BCUT2D eigenvalue weighted by molar-refractivity contribution is 7.87. The van der Waals surface area contributed by atoms with Crippen molar-refractivity contribution in [1.82, 2.24) is 5.06 Å². The zero-order valence-corrected chi connectivity index (χ0v) is 10.4. The lowest BCUT2D eigenvalue weighted by Crippen LogP contribution is -2.39. The van der Waals surface area contributed by atoms with E-state index < -0.39 is 33.4 Å². The molecule has 0 N–H and O–H groups in total. The van der Waals surface area contributed by atoms with Crippen LogP contribution in [0.4, 0.5) is 13.2 Å². The van der Waals surface area contributed by atoms with E-state index in [0.717, 1.165) is 0 Å². The summed E-state index contributed by atoms with van der Waals surface area (Å²) in [7, 11) is -6.05. The number of hydrogen-bond donors (Lipinski definition) is 0. The summed E-state index contributed by atoms with van der Waals surface area (Å²) >= 11 is 0. The fraction of sp³-hybridized carbons (Fsp3) is 0.400. The Bertz CT molecular complexity index is 690. The minimum Gasteiger partial charge on any atom is -0.271 e. The first-order chi connectivity index (χ1) is 9.13. The third kappa shape index (κ3) is 1.57. The fourth-order valence-corrected chi connectivity index (χ4v) is 3.02. The van der Waals surface area contributed by atoms with Gasteiger partial charge >= 0.3 is 15.6 Å². The summed E-state index contributed by atoms with van der Waals surface area (Å²) in [5, 5.41) is -0.304. The van der Waals surface area contributed by atoms with Gasteiger partial charge in [-0.2, -0.15) is 21.6 Å². The normalized spacial score (nSPS) is 28.9. The fourth-order valence-electron chi connectivity index (χ4n) is 2.60. The molecule has 1 aliphatic heterocycles. The van der Waals surface area contributed by atoms with Crippen molar-refractivity contribution < 1.29 is 35.5 Å². The van der Waals surface area contributed by atoms with E-state index >= 15 is 0 Å². The van der Waals surface area contributed by atoms with Gasteiger partial charge in [-0.3, -0.25) is 9.59 Å². The number of carbonyl (C=O) groups excluding carboxylic acids is 2. The standard InChI is InChI=1S/C10H6F3NO5S/c11-10(12,13)20(17,18)19-14-8(15)6-4-1-2-5(3-4)7(6)9(14)16/h1-2,4,6H,3H2. The van der Waals surface area contributed by atoms with Crippen molar-refractivity contribution in [2.24, 2.45) is 11.8 Å². The van der Waals surface area contributed by atoms with Gasteiger partial charge in [0.15, 0.2) is 0 Å². The highest BCUT2D eigenvalue weighted by atomic mass is 32.2. The zero-order chi connectivity index (χ0) is 14.9. The summed E-state index contributed by atoms with van der Waals surface area (Å²) in [6, 6.07) is 0. The molecule has 2 unspecified atom stereocenters. The van der Waals surface area contributed by atoms with Crippen LogP contribution in [0.2, 0.25) is 0 Å². The minimum atomic E-state index is -6.05. The molecular weight excluding hydrogens is 303 g/mol. The molecule has 1 heterocycles. The van der Waals surface area contributed by atoms with E-state index in [1.54, 1.807) is 12.2 Å². The van der Waals surface area contributed by atoms with E-state index in [9.17, 15) is 31.2 Å². The van der Waals surface area contributed by atoms with Gasteiger partial charge < -0.3 is 0 Å². The largest absolute Gasteiger partial charge is 0.525 e.